The largest absolute Gasteiger partial charge is 0.465 e. The van der Waals surface area contributed by atoms with Crippen LogP contribution < -0.4 is 0 Å². The lowest BCUT2D eigenvalue weighted by Gasteiger charge is -2.26. The molecule has 0 aromatic rings. The second-order valence-corrected chi connectivity index (χ2v) is 12.8. The number of carbonyl (C=O) groups is 2. The third-order valence-electron chi connectivity index (χ3n) is 7.87. The molecule has 1 aliphatic carbocycles. The first kappa shape index (κ1) is 33.0. The van der Waals surface area contributed by atoms with Gasteiger partial charge in [0, 0.05) is 0 Å². The van der Waals surface area contributed by atoms with Crippen LogP contribution in [0, 0.1) is 35.5 Å². The third kappa shape index (κ3) is 16.6. The van der Waals surface area contributed by atoms with Crippen LogP contribution in [0.4, 0.5) is 0 Å². The molecule has 0 radical (unpaired) electrons. The Morgan fingerprint density at radius 1 is 0.528 bits per heavy atom. The smallest absolute Gasteiger partial charge is 0.308 e. The van der Waals surface area contributed by atoms with Gasteiger partial charge in [0.25, 0.3) is 0 Å². The maximum absolute atomic E-state index is 12.5. The molecule has 0 amide bonds. The molecule has 0 spiro atoms. The minimum absolute atomic E-state index is 0.0492. The lowest BCUT2D eigenvalue weighted by atomic mass is 9.82. The molecule has 0 heterocycles. The predicted octanol–water partition coefficient (Wildman–Crippen LogP) is 9.14. The average Bonchev–Trinajstić information content (AvgIpc) is 2.85. The molecule has 0 saturated heterocycles. The molecule has 1 fully saturated rings. The number of hydrogen-bond acceptors (Lipinski definition) is 4. The van der Waals surface area contributed by atoms with Crippen LogP contribution in [0.25, 0.3) is 0 Å². The van der Waals surface area contributed by atoms with Gasteiger partial charge in [-0.25, -0.2) is 0 Å². The van der Waals surface area contributed by atoms with Crippen molar-refractivity contribution in [2.24, 2.45) is 35.5 Å². The van der Waals surface area contributed by atoms with E-state index in [1.54, 1.807) is 0 Å². The molecule has 1 aliphatic rings. The maximum Gasteiger partial charge on any atom is 0.308 e. The highest BCUT2D eigenvalue weighted by atomic mass is 16.5. The topological polar surface area (TPSA) is 52.6 Å². The molecule has 36 heavy (non-hydrogen) atoms. The zero-order valence-electron chi connectivity index (χ0n) is 24.8. The second-order valence-electron chi connectivity index (χ2n) is 12.8. The fourth-order valence-corrected chi connectivity index (χ4v) is 5.21. The molecular formula is C32H60O4. The number of hydrogen-bond donors (Lipinski definition) is 0. The van der Waals surface area contributed by atoms with Crippen molar-refractivity contribution in [2.45, 2.75) is 144 Å². The first-order valence-electron chi connectivity index (χ1n) is 15.5. The first-order valence-corrected chi connectivity index (χ1v) is 15.5. The van der Waals surface area contributed by atoms with E-state index in [1.807, 2.05) is 0 Å². The van der Waals surface area contributed by atoms with Gasteiger partial charge < -0.3 is 9.47 Å². The fourth-order valence-electron chi connectivity index (χ4n) is 5.21. The summed E-state index contributed by atoms with van der Waals surface area (Å²) in [5.74, 6) is 2.23. The Kier molecular flexibility index (Phi) is 18.3. The Bertz CT molecular complexity index is 513. The molecule has 2 atom stereocenters. The molecule has 1 saturated carbocycles. The monoisotopic (exact) mass is 508 g/mol. The van der Waals surface area contributed by atoms with Crippen molar-refractivity contribution >= 4 is 11.9 Å². The molecule has 2 unspecified atom stereocenters. The van der Waals surface area contributed by atoms with Gasteiger partial charge in [-0.05, 0) is 62.2 Å². The fraction of sp³-hybridized carbons (Fsp3) is 0.938. The van der Waals surface area contributed by atoms with E-state index in [1.165, 1.54) is 64.2 Å². The Labute approximate surface area is 224 Å². The number of carbonyl (C=O) groups excluding carboxylic acids is 2. The zero-order chi connectivity index (χ0) is 26.8. The van der Waals surface area contributed by atoms with E-state index in [4.69, 9.17) is 9.47 Å². The van der Waals surface area contributed by atoms with E-state index in [9.17, 15) is 9.59 Å². The van der Waals surface area contributed by atoms with Gasteiger partial charge in [-0.2, -0.15) is 0 Å². The lowest BCUT2D eigenvalue weighted by molar-refractivity contribution is -0.156. The van der Waals surface area contributed by atoms with Gasteiger partial charge in [0.1, 0.15) is 0 Å². The number of unbranched alkanes of at least 4 members (excludes halogenated alkanes) is 6. The summed E-state index contributed by atoms with van der Waals surface area (Å²) in [4.78, 5) is 25.1. The van der Waals surface area contributed by atoms with Crippen molar-refractivity contribution in [1.82, 2.24) is 0 Å². The maximum atomic E-state index is 12.5. The van der Waals surface area contributed by atoms with Crippen molar-refractivity contribution in [3.63, 3.8) is 0 Å². The van der Waals surface area contributed by atoms with Crippen LogP contribution in [0.15, 0.2) is 0 Å². The average molecular weight is 509 g/mol. The molecule has 4 nitrogen and oxygen atoms in total. The standard InChI is InChI=1S/C32H60O4/c1-25(2)15-11-7-9-13-17-27(5)23-35-31(33)29-19-21-30(22-20-29)32(34)36-24-28(6)18-14-10-8-12-16-26(3)4/h25-30H,7-24H2,1-6H3. The van der Waals surface area contributed by atoms with Gasteiger partial charge in [-0.3, -0.25) is 9.59 Å². The van der Waals surface area contributed by atoms with Crippen LogP contribution in [0.2, 0.25) is 0 Å². The van der Waals surface area contributed by atoms with Gasteiger partial charge in [-0.1, -0.05) is 106 Å². The van der Waals surface area contributed by atoms with Crippen LogP contribution in [-0.4, -0.2) is 25.2 Å². The Balaban J connectivity index is 2.09. The molecule has 1 rings (SSSR count). The van der Waals surface area contributed by atoms with Crippen molar-refractivity contribution < 1.29 is 19.1 Å². The summed E-state index contributed by atoms with van der Waals surface area (Å²) < 4.78 is 11.3. The normalized spacial score (nSPS) is 19.9. The highest BCUT2D eigenvalue weighted by Crippen LogP contribution is 2.31. The summed E-state index contributed by atoms with van der Waals surface area (Å²) in [6, 6.07) is 0. The van der Waals surface area contributed by atoms with E-state index in [-0.39, 0.29) is 23.8 Å². The molecule has 0 aromatic heterocycles. The van der Waals surface area contributed by atoms with Gasteiger partial charge in [0.2, 0.25) is 0 Å². The van der Waals surface area contributed by atoms with E-state index < -0.39 is 0 Å². The summed E-state index contributed by atoms with van der Waals surface area (Å²) >= 11 is 0. The zero-order valence-corrected chi connectivity index (χ0v) is 24.8. The minimum atomic E-state index is -0.0624. The summed E-state index contributed by atoms with van der Waals surface area (Å²) in [6.07, 6.45) is 18.2. The molecule has 0 N–H and O–H groups in total. The van der Waals surface area contributed by atoms with Gasteiger partial charge >= 0.3 is 11.9 Å². The van der Waals surface area contributed by atoms with Crippen molar-refractivity contribution in [3.8, 4) is 0 Å². The predicted molar refractivity (Wildman–Crippen MR) is 151 cm³/mol. The van der Waals surface area contributed by atoms with E-state index >= 15 is 0 Å². The number of ether oxygens (including phenoxy) is 2. The van der Waals surface area contributed by atoms with Gasteiger partial charge in [-0.15, -0.1) is 0 Å². The van der Waals surface area contributed by atoms with Crippen LogP contribution in [0.5, 0.6) is 0 Å². The molecule has 0 bridgehead atoms. The van der Waals surface area contributed by atoms with Crippen molar-refractivity contribution in [2.75, 3.05) is 13.2 Å². The molecule has 4 heteroatoms. The van der Waals surface area contributed by atoms with Crippen LogP contribution in [0.1, 0.15) is 144 Å². The minimum Gasteiger partial charge on any atom is -0.465 e. The van der Waals surface area contributed by atoms with Crippen LogP contribution >= 0.6 is 0 Å². The number of rotatable bonds is 20. The lowest BCUT2D eigenvalue weighted by Crippen LogP contribution is -2.29. The molecule has 212 valence electrons. The SMILES string of the molecule is CC(C)CCCCCCC(C)COC(=O)C1CCC(C(=O)OCC(C)CCCCCCC(C)C)CC1. The molecule has 0 aliphatic heterocycles. The van der Waals surface area contributed by atoms with Gasteiger partial charge in [0.15, 0.2) is 0 Å². The van der Waals surface area contributed by atoms with E-state index in [2.05, 4.69) is 41.5 Å². The summed E-state index contributed by atoms with van der Waals surface area (Å²) in [5, 5.41) is 0. The summed E-state index contributed by atoms with van der Waals surface area (Å²) in [6.45, 7) is 14.6. The van der Waals surface area contributed by atoms with Crippen molar-refractivity contribution in [3.05, 3.63) is 0 Å². The Morgan fingerprint density at radius 3 is 1.14 bits per heavy atom. The quantitative estimate of drug-likeness (QED) is 0.121. The van der Waals surface area contributed by atoms with Crippen LogP contribution in [-0.2, 0) is 19.1 Å². The first-order chi connectivity index (χ1) is 17.2. The Morgan fingerprint density at radius 2 is 0.833 bits per heavy atom. The second kappa shape index (κ2) is 20.0. The highest BCUT2D eigenvalue weighted by Gasteiger charge is 2.32. The summed E-state index contributed by atoms with van der Waals surface area (Å²) in [7, 11) is 0. The van der Waals surface area contributed by atoms with E-state index in [0.717, 1.165) is 50.4 Å². The third-order valence-corrected chi connectivity index (χ3v) is 7.87. The van der Waals surface area contributed by atoms with Crippen molar-refractivity contribution in [1.29, 1.82) is 0 Å². The van der Waals surface area contributed by atoms with E-state index in [0.29, 0.717) is 25.0 Å². The van der Waals surface area contributed by atoms with Crippen LogP contribution in [0.3, 0.4) is 0 Å². The summed E-state index contributed by atoms with van der Waals surface area (Å²) in [5.41, 5.74) is 0. The van der Waals surface area contributed by atoms with Gasteiger partial charge in [0.05, 0.1) is 25.0 Å². The Hall–Kier alpha value is -1.06. The number of esters is 2. The highest BCUT2D eigenvalue weighted by molar-refractivity contribution is 5.75. The molecule has 0 aromatic carbocycles. The molecular weight excluding hydrogens is 448 g/mol.